The van der Waals surface area contributed by atoms with E-state index in [-0.39, 0.29) is 6.04 Å². The van der Waals surface area contributed by atoms with E-state index in [1.807, 2.05) is 30.3 Å². The van der Waals surface area contributed by atoms with Gasteiger partial charge in [0.05, 0.1) is 0 Å². The van der Waals surface area contributed by atoms with Gasteiger partial charge in [-0.05, 0) is 20.8 Å². The molecule has 2 aromatic carbocycles. The van der Waals surface area contributed by atoms with Crippen LogP contribution in [0.1, 0.15) is 19.4 Å². The molecule has 0 radical (unpaired) electrons. The second-order valence-corrected chi connectivity index (χ2v) is 5.86. The van der Waals surface area contributed by atoms with E-state index in [0.29, 0.717) is 5.82 Å². The number of rotatable bonds is 4. The fourth-order valence-corrected chi connectivity index (χ4v) is 2.32. The van der Waals surface area contributed by atoms with Crippen LogP contribution in [0.2, 0.25) is 0 Å². The van der Waals surface area contributed by atoms with Crippen molar-refractivity contribution in [1.29, 1.82) is 0 Å². The van der Waals surface area contributed by atoms with Crippen LogP contribution in [0.5, 0.6) is 0 Å². The molecule has 0 fully saturated rings. The molecule has 0 unspecified atom stereocenters. The molecule has 0 aliphatic carbocycles. The van der Waals surface area contributed by atoms with Gasteiger partial charge in [-0.25, -0.2) is 4.98 Å². The van der Waals surface area contributed by atoms with Gasteiger partial charge >= 0.3 is 0 Å². The molecule has 4 nitrogen and oxygen atoms in total. The Kier molecular flexibility index (Phi) is 4.33. The van der Waals surface area contributed by atoms with Crippen molar-refractivity contribution in [1.82, 2.24) is 15.2 Å². The van der Waals surface area contributed by atoms with Crippen LogP contribution in [0.25, 0.3) is 22.6 Å². The molecule has 3 aromatic rings. The lowest BCUT2D eigenvalue weighted by Gasteiger charge is -2.14. The molecule has 1 aromatic heterocycles. The lowest BCUT2D eigenvalue weighted by Crippen LogP contribution is -2.14. The highest BCUT2D eigenvalue weighted by Crippen LogP contribution is 2.26. The Morgan fingerprint density at radius 3 is 2.17 bits per heavy atom. The van der Waals surface area contributed by atoms with Crippen LogP contribution in [-0.2, 0) is 0 Å². The number of hydrogen-bond donors (Lipinski definition) is 1. The third-order valence-corrected chi connectivity index (χ3v) is 3.47. The SMILES string of the molecule is Cc1ccc(-c2nnc(-c3ccccc3)nc2NC(C)C)cc1. The highest BCUT2D eigenvalue weighted by Gasteiger charge is 2.13. The Hall–Kier alpha value is -2.75. The normalized spacial score (nSPS) is 10.8. The Morgan fingerprint density at radius 2 is 1.52 bits per heavy atom. The summed E-state index contributed by atoms with van der Waals surface area (Å²) in [5, 5.41) is 12.1. The molecule has 1 heterocycles. The lowest BCUT2D eigenvalue weighted by molar-refractivity contribution is 0.876. The van der Waals surface area contributed by atoms with E-state index < -0.39 is 0 Å². The van der Waals surface area contributed by atoms with Crippen LogP contribution in [0.15, 0.2) is 54.6 Å². The van der Waals surface area contributed by atoms with Crippen molar-refractivity contribution in [3.63, 3.8) is 0 Å². The summed E-state index contributed by atoms with van der Waals surface area (Å²) < 4.78 is 0. The first-order valence-corrected chi connectivity index (χ1v) is 7.77. The fourth-order valence-electron chi connectivity index (χ4n) is 2.32. The molecule has 0 atom stereocenters. The Bertz CT molecular complexity index is 780. The van der Waals surface area contributed by atoms with Crippen molar-refractivity contribution >= 4 is 5.82 Å². The topological polar surface area (TPSA) is 50.7 Å². The Labute approximate surface area is 136 Å². The van der Waals surface area contributed by atoms with Crippen molar-refractivity contribution in [2.45, 2.75) is 26.8 Å². The van der Waals surface area contributed by atoms with Gasteiger partial charge in [0.2, 0.25) is 0 Å². The van der Waals surface area contributed by atoms with E-state index >= 15 is 0 Å². The second-order valence-electron chi connectivity index (χ2n) is 5.86. The first kappa shape index (κ1) is 15.2. The molecule has 23 heavy (non-hydrogen) atoms. The van der Waals surface area contributed by atoms with Gasteiger partial charge in [-0.1, -0.05) is 60.2 Å². The van der Waals surface area contributed by atoms with Crippen LogP contribution in [0, 0.1) is 6.92 Å². The third kappa shape index (κ3) is 3.54. The average molecular weight is 304 g/mol. The van der Waals surface area contributed by atoms with Crippen molar-refractivity contribution in [2.75, 3.05) is 5.32 Å². The van der Waals surface area contributed by atoms with Crippen LogP contribution >= 0.6 is 0 Å². The van der Waals surface area contributed by atoms with Gasteiger partial charge in [0.15, 0.2) is 11.6 Å². The van der Waals surface area contributed by atoms with Gasteiger partial charge in [-0.2, -0.15) is 0 Å². The van der Waals surface area contributed by atoms with Crippen LogP contribution in [-0.4, -0.2) is 21.2 Å². The lowest BCUT2D eigenvalue weighted by atomic mass is 10.1. The van der Waals surface area contributed by atoms with Gasteiger partial charge in [0.1, 0.15) is 5.69 Å². The maximum absolute atomic E-state index is 4.70. The Morgan fingerprint density at radius 1 is 0.826 bits per heavy atom. The molecule has 4 heteroatoms. The number of anilines is 1. The average Bonchev–Trinajstić information content (AvgIpc) is 2.56. The number of nitrogens with zero attached hydrogens (tertiary/aromatic N) is 3. The molecule has 0 amide bonds. The van der Waals surface area contributed by atoms with Crippen molar-refractivity contribution < 1.29 is 0 Å². The molecule has 0 saturated heterocycles. The summed E-state index contributed by atoms with van der Waals surface area (Å²) in [5.41, 5.74) is 3.97. The standard InChI is InChI=1S/C19H20N4/c1-13(2)20-19-17(15-11-9-14(3)10-12-15)22-23-18(21-19)16-7-5-4-6-8-16/h4-13H,1-3H3,(H,20,21,23). The summed E-state index contributed by atoms with van der Waals surface area (Å²) >= 11 is 0. The predicted molar refractivity (Wildman–Crippen MR) is 94.2 cm³/mol. The molecule has 0 aliphatic heterocycles. The number of benzene rings is 2. The van der Waals surface area contributed by atoms with E-state index in [0.717, 1.165) is 22.6 Å². The van der Waals surface area contributed by atoms with Gasteiger partial charge in [0, 0.05) is 17.2 Å². The summed E-state index contributed by atoms with van der Waals surface area (Å²) in [5.74, 6) is 1.39. The van der Waals surface area contributed by atoms with Crippen LogP contribution < -0.4 is 5.32 Å². The van der Waals surface area contributed by atoms with E-state index in [9.17, 15) is 0 Å². The van der Waals surface area contributed by atoms with Crippen molar-refractivity contribution in [2.24, 2.45) is 0 Å². The molecule has 0 spiro atoms. The zero-order valence-electron chi connectivity index (χ0n) is 13.6. The fraction of sp³-hybridized carbons (Fsp3) is 0.211. The third-order valence-electron chi connectivity index (χ3n) is 3.47. The largest absolute Gasteiger partial charge is 0.366 e. The van der Waals surface area contributed by atoms with Gasteiger partial charge < -0.3 is 5.32 Å². The summed E-state index contributed by atoms with van der Waals surface area (Å²) in [4.78, 5) is 4.70. The van der Waals surface area contributed by atoms with Gasteiger partial charge in [-0.15, -0.1) is 10.2 Å². The van der Waals surface area contributed by atoms with Gasteiger partial charge in [0.25, 0.3) is 0 Å². The van der Waals surface area contributed by atoms with Crippen LogP contribution in [0.3, 0.4) is 0 Å². The second kappa shape index (κ2) is 6.57. The predicted octanol–water partition coefficient (Wildman–Crippen LogP) is 4.33. The summed E-state index contributed by atoms with van der Waals surface area (Å²) in [7, 11) is 0. The van der Waals surface area contributed by atoms with Crippen molar-refractivity contribution in [3.05, 3.63) is 60.2 Å². The zero-order valence-corrected chi connectivity index (χ0v) is 13.6. The number of aromatic nitrogens is 3. The molecular weight excluding hydrogens is 284 g/mol. The number of nitrogens with one attached hydrogen (secondary N) is 1. The highest BCUT2D eigenvalue weighted by atomic mass is 15.2. The Balaban J connectivity index is 2.07. The van der Waals surface area contributed by atoms with E-state index in [1.165, 1.54) is 5.56 Å². The summed E-state index contributed by atoms with van der Waals surface area (Å²) in [6.07, 6.45) is 0. The molecule has 1 N–H and O–H groups in total. The van der Waals surface area contributed by atoms with Crippen LogP contribution in [0.4, 0.5) is 5.82 Å². The minimum Gasteiger partial charge on any atom is -0.366 e. The minimum absolute atomic E-state index is 0.263. The minimum atomic E-state index is 0.263. The molecule has 0 bridgehead atoms. The quantitative estimate of drug-likeness (QED) is 0.779. The molecule has 116 valence electrons. The van der Waals surface area contributed by atoms with Gasteiger partial charge in [-0.3, -0.25) is 0 Å². The van der Waals surface area contributed by atoms with E-state index in [4.69, 9.17) is 4.98 Å². The molecular formula is C19H20N4. The molecule has 3 rings (SSSR count). The van der Waals surface area contributed by atoms with E-state index in [1.54, 1.807) is 0 Å². The summed E-state index contributed by atoms with van der Waals surface area (Å²) in [6, 6.07) is 18.4. The van der Waals surface area contributed by atoms with Crippen molar-refractivity contribution in [3.8, 4) is 22.6 Å². The number of aryl methyl sites for hydroxylation is 1. The first-order valence-electron chi connectivity index (χ1n) is 7.77. The molecule has 0 aliphatic rings. The monoisotopic (exact) mass is 304 g/mol. The molecule has 0 saturated carbocycles. The zero-order chi connectivity index (χ0) is 16.2. The first-order chi connectivity index (χ1) is 11.1. The highest BCUT2D eigenvalue weighted by molar-refractivity contribution is 5.72. The smallest absolute Gasteiger partial charge is 0.183 e. The maximum atomic E-state index is 4.70. The maximum Gasteiger partial charge on any atom is 0.183 e. The summed E-state index contributed by atoms with van der Waals surface area (Å²) in [6.45, 7) is 6.24. The van der Waals surface area contributed by atoms with E-state index in [2.05, 4.69) is 60.6 Å². The number of hydrogen-bond acceptors (Lipinski definition) is 4.